The molecule has 2 rings (SSSR count). The highest BCUT2D eigenvalue weighted by Gasteiger charge is 2.21. The molecular formula is C14H18BrClN4O. The minimum Gasteiger partial charge on any atom is -0.383 e. The largest absolute Gasteiger partial charge is 0.383 e. The van der Waals surface area contributed by atoms with Crippen molar-refractivity contribution in [3.8, 4) is 0 Å². The lowest BCUT2D eigenvalue weighted by atomic mass is 10.0. The summed E-state index contributed by atoms with van der Waals surface area (Å²) in [4.78, 5) is 0. The molecular weight excluding hydrogens is 356 g/mol. The average Bonchev–Trinajstić information content (AvgIpc) is 2.83. The summed E-state index contributed by atoms with van der Waals surface area (Å²) in [6.45, 7) is 3.19. The quantitative estimate of drug-likeness (QED) is 0.604. The molecule has 0 spiro atoms. The zero-order valence-electron chi connectivity index (χ0n) is 11.9. The van der Waals surface area contributed by atoms with Gasteiger partial charge in [-0.1, -0.05) is 23.7 Å². The Kier molecular flexibility index (Phi) is 5.78. The highest BCUT2D eigenvalue weighted by atomic mass is 79.9. The predicted molar refractivity (Wildman–Crippen MR) is 87.2 cm³/mol. The summed E-state index contributed by atoms with van der Waals surface area (Å²) in [6, 6.07) is 5.69. The molecule has 114 valence electrons. The number of ether oxygens (including phenoxy) is 1. The molecule has 0 aliphatic carbocycles. The lowest BCUT2D eigenvalue weighted by molar-refractivity contribution is 0.182. The first-order chi connectivity index (χ1) is 10.1. The number of methoxy groups -OCH3 is 1. The minimum atomic E-state index is -0.211. The van der Waals surface area contributed by atoms with Crippen molar-refractivity contribution in [1.29, 1.82) is 0 Å². The molecule has 1 aromatic heterocycles. The van der Waals surface area contributed by atoms with Crippen LogP contribution in [0, 0.1) is 6.92 Å². The summed E-state index contributed by atoms with van der Waals surface area (Å²) in [5.74, 6) is 5.76. The molecule has 1 unspecified atom stereocenters. The summed E-state index contributed by atoms with van der Waals surface area (Å²) in [7, 11) is 1.66. The standard InChI is InChI=1S/C14H18BrClN4O/c1-9-3-4-10(7-12(9)16)13(19-17)14-11(15)8-18-20(14)5-6-21-2/h3-4,7-8,13,19H,5-6,17H2,1-2H3. The van der Waals surface area contributed by atoms with E-state index in [0.29, 0.717) is 18.2 Å². The van der Waals surface area contributed by atoms with Gasteiger partial charge in [0.15, 0.2) is 0 Å². The van der Waals surface area contributed by atoms with E-state index in [0.717, 1.165) is 21.3 Å². The molecule has 0 amide bonds. The Morgan fingerprint density at radius 1 is 1.52 bits per heavy atom. The van der Waals surface area contributed by atoms with Crippen molar-refractivity contribution in [2.75, 3.05) is 13.7 Å². The van der Waals surface area contributed by atoms with Crippen molar-refractivity contribution in [3.63, 3.8) is 0 Å². The third kappa shape index (κ3) is 3.64. The number of aryl methyl sites for hydroxylation is 1. The Morgan fingerprint density at radius 2 is 2.29 bits per heavy atom. The Labute approximate surface area is 137 Å². The van der Waals surface area contributed by atoms with Crippen molar-refractivity contribution in [2.45, 2.75) is 19.5 Å². The smallest absolute Gasteiger partial charge is 0.0890 e. The molecule has 1 atom stereocenters. The van der Waals surface area contributed by atoms with Crippen molar-refractivity contribution in [3.05, 3.63) is 50.7 Å². The molecule has 3 N–H and O–H groups in total. The van der Waals surface area contributed by atoms with E-state index in [-0.39, 0.29) is 6.04 Å². The van der Waals surface area contributed by atoms with E-state index < -0.39 is 0 Å². The van der Waals surface area contributed by atoms with Gasteiger partial charge in [0.25, 0.3) is 0 Å². The first kappa shape index (κ1) is 16.5. The molecule has 2 aromatic rings. The van der Waals surface area contributed by atoms with Gasteiger partial charge >= 0.3 is 0 Å². The maximum absolute atomic E-state index is 6.22. The van der Waals surface area contributed by atoms with Crippen molar-refractivity contribution in [1.82, 2.24) is 15.2 Å². The maximum Gasteiger partial charge on any atom is 0.0890 e. The van der Waals surface area contributed by atoms with Gasteiger partial charge < -0.3 is 4.74 Å². The Balaban J connectivity index is 2.40. The SMILES string of the molecule is COCCn1ncc(Br)c1C(NN)c1ccc(C)c(Cl)c1. The van der Waals surface area contributed by atoms with Gasteiger partial charge in [-0.15, -0.1) is 0 Å². The summed E-state index contributed by atoms with van der Waals surface area (Å²) < 4.78 is 7.87. The molecule has 5 nitrogen and oxygen atoms in total. The van der Waals surface area contributed by atoms with E-state index in [1.807, 2.05) is 29.8 Å². The molecule has 1 aromatic carbocycles. The van der Waals surface area contributed by atoms with Gasteiger partial charge in [-0.25, -0.2) is 5.43 Å². The van der Waals surface area contributed by atoms with Crippen molar-refractivity contribution in [2.24, 2.45) is 5.84 Å². The van der Waals surface area contributed by atoms with Gasteiger partial charge in [0.1, 0.15) is 0 Å². The highest BCUT2D eigenvalue weighted by Crippen LogP contribution is 2.30. The van der Waals surface area contributed by atoms with E-state index in [4.69, 9.17) is 22.2 Å². The number of aromatic nitrogens is 2. The van der Waals surface area contributed by atoms with E-state index in [9.17, 15) is 0 Å². The van der Waals surface area contributed by atoms with Crippen molar-refractivity contribution < 1.29 is 4.74 Å². The molecule has 21 heavy (non-hydrogen) atoms. The fourth-order valence-electron chi connectivity index (χ4n) is 2.14. The van der Waals surface area contributed by atoms with Gasteiger partial charge in [-0.2, -0.15) is 5.10 Å². The number of hydrazine groups is 1. The third-order valence-electron chi connectivity index (χ3n) is 3.31. The van der Waals surface area contributed by atoms with Crippen LogP contribution in [0.15, 0.2) is 28.9 Å². The zero-order chi connectivity index (χ0) is 15.4. The van der Waals surface area contributed by atoms with Crippen LogP contribution in [0.1, 0.15) is 22.9 Å². The third-order valence-corrected chi connectivity index (χ3v) is 4.33. The second kappa shape index (κ2) is 7.38. The van der Waals surface area contributed by atoms with Crippen LogP contribution in [0.3, 0.4) is 0 Å². The van der Waals surface area contributed by atoms with Gasteiger partial charge in [0.05, 0.1) is 35.6 Å². The van der Waals surface area contributed by atoms with E-state index >= 15 is 0 Å². The number of rotatable bonds is 6. The molecule has 0 saturated carbocycles. The van der Waals surface area contributed by atoms with E-state index in [1.54, 1.807) is 13.3 Å². The number of nitrogens with zero attached hydrogens (tertiary/aromatic N) is 2. The van der Waals surface area contributed by atoms with Crippen LogP contribution in [-0.2, 0) is 11.3 Å². The van der Waals surface area contributed by atoms with Crippen LogP contribution < -0.4 is 11.3 Å². The molecule has 0 bridgehead atoms. The molecule has 0 aliphatic heterocycles. The Hall–Kier alpha value is -0.920. The van der Waals surface area contributed by atoms with Gasteiger partial charge in [-0.3, -0.25) is 10.5 Å². The maximum atomic E-state index is 6.22. The van der Waals surface area contributed by atoms with Crippen LogP contribution >= 0.6 is 27.5 Å². The number of nitrogens with one attached hydrogen (secondary N) is 1. The molecule has 0 aliphatic rings. The Morgan fingerprint density at radius 3 is 2.90 bits per heavy atom. The second-order valence-corrected chi connectivity index (χ2v) is 5.96. The fraction of sp³-hybridized carbons (Fsp3) is 0.357. The Bertz CT molecular complexity index is 617. The summed E-state index contributed by atoms with van der Waals surface area (Å²) >= 11 is 9.74. The first-order valence-corrected chi connectivity index (χ1v) is 7.68. The number of benzene rings is 1. The number of nitrogens with two attached hydrogens (primary N) is 1. The summed E-state index contributed by atoms with van der Waals surface area (Å²) in [5, 5.41) is 5.06. The average molecular weight is 374 g/mol. The van der Waals surface area contributed by atoms with Crippen LogP contribution in [0.25, 0.3) is 0 Å². The molecule has 0 saturated heterocycles. The number of hydrogen-bond acceptors (Lipinski definition) is 4. The minimum absolute atomic E-state index is 0.211. The number of halogens is 2. The predicted octanol–water partition coefficient (Wildman–Crippen LogP) is 2.81. The molecule has 0 radical (unpaired) electrons. The first-order valence-electron chi connectivity index (χ1n) is 6.50. The van der Waals surface area contributed by atoms with Crippen LogP contribution in [0.5, 0.6) is 0 Å². The molecule has 0 fully saturated rings. The lowest BCUT2D eigenvalue weighted by Gasteiger charge is -2.19. The second-order valence-electron chi connectivity index (χ2n) is 4.70. The topological polar surface area (TPSA) is 65.1 Å². The molecule has 7 heteroatoms. The van der Waals surface area contributed by atoms with Gasteiger partial charge in [-0.05, 0) is 40.0 Å². The van der Waals surface area contributed by atoms with Crippen LogP contribution in [-0.4, -0.2) is 23.5 Å². The van der Waals surface area contributed by atoms with Crippen molar-refractivity contribution >= 4 is 27.5 Å². The molecule has 1 heterocycles. The fourth-order valence-corrected chi connectivity index (χ4v) is 2.85. The summed E-state index contributed by atoms with van der Waals surface area (Å²) in [5.41, 5.74) is 5.78. The number of hydrogen-bond donors (Lipinski definition) is 2. The summed E-state index contributed by atoms with van der Waals surface area (Å²) in [6.07, 6.45) is 1.76. The normalized spacial score (nSPS) is 12.6. The highest BCUT2D eigenvalue weighted by molar-refractivity contribution is 9.10. The van der Waals surface area contributed by atoms with E-state index in [2.05, 4.69) is 26.5 Å². The van der Waals surface area contributed by atoms with Crippen LogP contribution in [0.2, 0.25) is 5.02 Å². The lowest BCUT2D eigenvalue weighted by Crippen LogP contribution is -2.31. The zero-order valence-corrected chi connectivity index (χ0v) is 14.3. The van der Waals surface area contributed by atoms with E-state index in [1.165, 1.54) is 0 Å². The van der Waals surface area contributed by atoms with Gasteiger partial charge in [0, 0.05) is 12.1 Å². The van der Waals surface area contributed by atoms with Gasteiger partial charge in [0.2, 0.25) is 0 Å². The van der Waals surface area contributed by atoms with Crippen LogP contribution in [0.4, 0.5) is 0 Å². The monoisotopic (exact) mass is 372 g/mol.